The Morgan fingerprint density at radius 2 is 0.770 bits per heavy atom. The number of allylic oxidation sites excluding steroid dienone is 2. The molecule has 0 bridgehead atoms. The Morgan fingerprint density at radius 1 is 0.443 bits per heavy atom. The molecule has 0 fully saturated rings. The molecule has 6 heteroatoms. The van der Waals surface area contributed by atoms with Crippen LogP contribution in [0.25, 0.3) is 0 Å². The van der Waals surface area contributed by atoms with Crippen LogP contribution in [0.5, 0.6) is 0 Å². The minimum Gasteiger partial charge on any atom is -0.466 e. The van der Waals surface area contributed by atoms with Gasteiger partial charge in [0.15, 0.2) is 0 Å². The van der Waals surface area contributed by atoms with Crippen molar-refractivity contribution < 1.29 is 24.5 Å². The number of aliphatic hydroxyl groups is 2. The summed E-state index contributed by atoms with van der Waals surface area (Å²) in [4.78, 5) is 24.5. The zero-order chi connectivity index (χ0) is 44.4. The second kappa shape index (κ2) is 51.2. The van der Waals surface area contributed by atoms with Gasteiger partial charge in [-0.25, -0.2) is 0 Å². The van der Waals surface area contributed by atoms with E-state index < -0.39 is 12.1 Å². The molecule has 6 nitrogen and oxygen atoms in total. The number of unbranched alkanes of at least 4 members (excludes halogenated alkanes) is 38. The molecule has 0 radical (unpaired) electrons. The molecule has 0 aromatic heterocycles. The highest BCUT2D eigenvalue weighted by Crippen LogP contribution is 2.17. The van der Waals surface area contributed by atoms with Gasteiger partial charge in [-0.05, 0) is 51.4 Å². The Kier molecular flexibility index (Phi) is 50.1. The molecule has 0 heterocycles. The molecule has 3 N–H and O–H groups in total. The van der Waals surface area contributed by atoms with Gasteiger partial charge in [0.05, 0.1) is 25.4 Å². The number of nitrogens with one attached hydrogen (secondary N) is 1. The lowest BCUT2D eigenvalue weighted by Gasteiger charge is -2.22. The van der Waals surface area contributed by atoms with E-state index in [1.165, 1.54) is 225 Å². The first-order chi connectivity index (χ1) is 30.0. The topological polar surface area (TPSA) is 95.9 Å². The normalized spacial score (nSPS) is 12.7. The molecule has 0 aliphatic heterocycles. The minimum atomic E-state index is -0.664. The fourth-order valence-corrected chi connectivity index (χ4v) is 8.58. The first kappa shape index (κ1) is 59.6. The summed E-state index contributed by atoms with van der Waals surface area (Å²) in [5.74, 6) is -0.0400. The number of aliphatic hydroxyl groups excluding tert-OH is 2. The fraction of sp³-hybridized carbons (Fsp3) is 0.927. The van der Waals surface area contributed by atoms with E-state index in [9.17, 15) is 19.8 Å². The van der Waals surface area contributed by atoms with Crippen LogP contribution in [-0.2, 0) is 14.3 Å². The highest BCUT2D eigenvalue weighted by molar-refractivity contribution is 5.76. The summed E-state index contributed by atoms with van der Waals surface area (Å²) in [6.07, 6.45) is 59.1. The van der Waals surface area contributed by atoms with E-state index in [0.717, 1.165) is 44.9 Å². The van der Waals surface area contributed by atoms with E-state index in [1.807, 2.05) is 0 Å². The molecular formula is C55H107NO5. The van der Waals surface area contributed by atoms with Crippen LogP contribution in [0.3, 0.4) is 0 Å². The summed E-state index contributed by atoms with van der Waals surface area (Å²) >= 11 is 0. The first-order valence-electron chi connectivity index (χ1n) is 27.4. The number of rotatable bonds is 51. The van der Waals surface area contributed by atoms with Gasteiger partial charge in [0.2, 0.25) is 5.91 Å². The van der Waals surface area contributed by atoms with E-state index in [2.05, 4.69) is 31.3 Å². The number of hydrogen-bond acceptors (Lipinski definition) is 5. The van der Waals surface area contributed by atoms with E-state index in [-0.39, 0.29) is 18.5 Å². The van der Waals surface area contributed by atoms with Gasteiger partial charge in [0.25, 0.3) is 0 Å². The summed E-state index contributed by atoms with van der Waals surface area (Å²) in [5, 5.41) is 23.1. The summed E-state index contributed by atoms with van der Waals surface area (Å²) in [6.45, 7) is 4.93. The SMILES string of the molecule is CCCCCCCCC/C=C\CCCCCCCC(=O)OCCCCCCCCCCCCCCCCCCCCC(=O)NC(CO)C(O)CCCCCCCCCCCC. The second-order valence-electron chi connectivity index (χ2n) is 18.9. The Hall–Kier alpha value is -1.40. The number of esters is 1. The third kappa shape index (κ3) is 47.9. The Labute approximate surface area is 380 Å². The molecule has 0 aliphatic rings. The number of hydrogen-bond donors (Lipinski definition) is 3. The van der Waals surface area contributed by atoms with Crippen molar-refractivity contribution in [1.82, 2.24) is 5.32 Å². The molecule has 0 spiro atoms. The van der Waals surface area contributed by atoms with Crippen LogP contribution in [0, 0.1) is 0 Å². The lowest BCUT2D eigenvalue weighted by molar-refractivity contribution is -0.143. The zero-order valence-corrected chi connectivity index (χ0v) is 41.2. The summed E-state index contributed by atoms with van der Waals surface area (Å²) in [5.41, 5.74) is 0. The van der Waals surface area contributed by atoms with Gasteiger partial charge in [-0.1, -0.05) is 251 Å². The van der Waals surface area contributed by atoms with Crippen molar-refractivity contribution in [1.29, 1.82) is 0 Å². The third-order valence-electron chi connectivity index (χ3n) is 12.8. The molecule has 0 aromatic carbocycles. The Bertz CT molecular complexity index is 909. The zero-order valence-electron chi connectivity index (χ0n) is 41.2. The predicted octanol–water partition coefficient (Wildman–Crippen LogP) is 16.5. The van der Waals surface area contributed by atoms with Crippen molar-refractivity contribution >= 4 is 11.9 Å². The van der Waals surface area contributed by atoms with E-state index in [0.29, 0.717) is 25.9 Å². The van der Waals surface area contributed by atoms with Crippen LogP contribution in [0.15, 0.2) is 12.2 Å². The molecule has 61 heavy (non-hydrogen) atoms. The van der Waals surface area contributed by atoms with Crippen molar-refractivity contribution in [3.63, 3.8) is 0 Å². The van der Waals surface area contributed by atoms with Crippen molar-refractivity contribution in [2.75, 3.05) is 13.2 Å². The summed E-state index contributed by atoms with van der Waals surface area (Å²) < 4.78 is 5.48. The average Bonchev–Trinajstić information content (AvgIpc) is 3.26. The van der Waals surface area contributed by atoms with Crippen LogP contribution in [-0.4, -0.2) is 47.4 Å². The van der Waals surface area contributed by atoms with Crippen LogP contribution < -0.4 is 5.32 Å². The number of carbonyl (C=O) groups is 2. The number of amides is 1. The van der Waals surface area contributed by atoms with Crippen molar-refractivity contribution in [2.45, 2.75) is 315 Å². The summed E-state index contributed by atoms with van der Waals surface area (Å²) in [7, 11) is 0. The second-order valence-corrected chi connectivity index (χ2v) is 18.9. The van der Waals surface area contributed by atoms with Gasteiger partial charge in [0, 0.05) is 12.8 Å². The van der Waals surface area contributed by atoms with Crippen LogP contribution in [0.4, 0.5) is 0 Å². The molecule has 2 unspecified atom stereocenters. The first-order valence-corrected chi connectivity index (χ1v) is 27.4. The summed E-state index contributed by atoms with van der Waals surface area (Å²) in [6, 6.07) is -0.542. The molecule has 0 rings (SSSR count). The number of ether oxygens (including phenoxy) is 1. The molecule has 0 saturated heterocycles. The predicted molar refractivity (Wildman–Crippen MR) is 264 cm³/mol. The lowest BCUT2D eigenvalue weighted by Crippen LogP contribution is -2.45. The van der Waals surface area contributed by atoms with E-state index in [4.69, 9.17) is 4.74 Å². The van der Waals surface area contributed by atoms with Crippen molar-refractivity contribution in [3.05, 3.63) is 12.2 Å². The molecular weight excluding hydrogens is 755 g/mol. The Balaban J connectivity index is 3.38. The van der Waals surface area contributed by atoms with Gasteiger partial charge in [-0.15, -0.1) is 0 Å². The standard InChI is InChI=1S/C55H107NO5/c1-3-5-7-9-11-13-15-16-17-23-26-29-33-37-41-45-49-55(60)61-50-46-42-38-34-30-27-24-21-19-18-20-22-25-28-32-36-40-44-48-54(59)56-52(51-57)53(58)47-43-39-35-31-14-12-10-8-6-4-2/h17,23,52-53,57-58H,3-16,18-22,24-51H2,1-2H3,(H,56,59)/b23-17-. The molecule has 2 atom stereocenters. The quantitative estimate of drug-likeness (QED) is 0.0322. The lowest BCUT2D eigenvalue weighted by atomic mass is 10.0. The van der Waals surface area contributed by atoms with Crippen molar-refractivity contribution in [3.8, 4) is 0 Å². The fourth-order valence-electron chi connectivity index (χ4n) is 8.58. The molecule has 1 amide bonds. The largest absolute Gasteiger partial charge is 0.466 e. The van der Waals surface area contributed by atoms with Crippen LogP contribution >= 0.6 is 0 Å². The average molecular weight is 862 g/mol. The monoisotopic (exact) mass is 862 g/mol. The third-order valence-corrected chi connectivity index (χ3v) is 12.8. The molecule has 0 saturated carbocycles. The highest BCUT2D eigenvalue weighted by Gasteiger charge is 2.20. The van der Waals surface area contributed by atoms with Gasteiger partial charge >= 0.3 is 5.97 Å². The molecule has 0 aromatic rings. The van der Waals surface area contributed by atoms with Crippen LogP contribution in [0.1, 0.15) is 303 Å². The maximum atomic E-state index is 12.4. The molecule has 0 aliphatic carbocycles. The van der Waals surface area contributed by atoms with E-state index in [1.54, 1.807) is 0 Å². The maximum absolute atomic E-state index is 12.4. The van der Waals surface area contributed by atoms with Gasteiger partial charge in [0.1, 0.15) is 0 Å². The molecule has 362 valence electrons. The van der Waals surface area contributed by atoms with E-state index >= 15 is 0 Å². The number of carbonyl (C=O) groups excluding carboxylic acids is 2. The van der Waals surface area contributed by atoms with Gasteiger partial charge in [-0.3, -0.25) is 9.59 Å². The Morgan fingerprint density at radius 3 is 1.16 bits per heavy atom. The smallest absolute Gasteiger partial charge is 0.305 e. The minimum absolute atomic E-state index is 0.0000942. The highest BCUT2D eigenvalue weighted by atomic mass is 16.5. The maximum Gasteiger partial charge on any atom is 0.305 e. The van der Waals surface area contributed by atoms with Crippen molar-refractivity contribution in [2.24, 2.45) is 0 Å². The van der Waals surface area contributed by atoms with Crippen LogP contribution in [0.2, 0.25) is 0 Å². The van der Waals surface area contributed by atoms with Gasteiger partial charge < -0.3 is 20.3 Å². The van der Waals surface area contributed by atoms with Gasteiger partial charge in [-0.2, -0.15) is 0 Å².